The van der Waals surface area contributed by atoms with Crippen LogP contribution in [-0.4, -0.2) is 43.2 Å². The van der Waals surface area contributed by atoms with Crippen molar-refractivity contribution in [3.05, 3.63) is 11.8 Å². The molecule has 0 spiro atoms. The third kappa shape index (κ3) is 4.70. The van der Waals surface area contributed by atoms with Gasteiger partial charge in [0.25, 0.3) is 0 Å². The van der Waals surface area contributed by atoms with Gasteiger partial charge in [-0.3, -0.25) is 15.0 Å². The Balaban J connectivity index is 2.90. The minimum atomic E-state index is -0.888. The molecule has 1 aliphatic rings. The van der Waals surface area contributed by atoms with E-state index in [0.29, 0.717) is 19.4 Å². The zero-order valence-corrected chi connectivity index (χ0v) is 12.2. The van der Waals surface area contributed by atoms with E-state index in [0.717, 1.165) is 6.08 Å². The Morgan fingerprint density at radius 3 is 2.62 bits per heavy atom. The molecule has 0 bridgehead atoms. The summed E-state index contributed by atoms with van der Waals surface area (Å²) >= 11 is 0. The lowest BCUT2D eigenvalue weighted by Crippen LogP contribution is -2.30. The van der Waals surface area contributed by atoms with E-state index in [1.807, 2.05) is 0 Å². The van der Waals surface area contributed by atoms with Crippen molar-refractivity contribution < 1.29 is 23.9 Å². The zero-order valence-electron chi connectivity index (χ0n) is 12.2. The highest BCUT2D eigenvalue weighted by atomic mass is 16.5. The van der Waals surface area contributed by atoms with Gasteiger partial charge in [-0.1, -0.05) is 0 Å². The molecule has 0 aromatic heterocycles. The van der Waals surface area contributed by atoms with Crippen LogP contribution in [0.1, 0.15) is 26.7 Å². The Bertz CT molecular complexity index is 470. The zero-order chi connectivity index (χ0) is 15.8. The normalized spacial score (nSPS) is 20.4. The van der Waals surface area contributed by atoms with Crippen LogP contribution in [0.3, 0.4) is 0 Å². The molecule has 0 aromatic carbocycles. The Kier molecular flexibility index (Phi) is 6.58. The molecule has 1 rings (SSSR count). The van der Waals surface area contributed by atoms with Crippen LogP contribution < -0.4 is 5.32 Å². The predicted molar refractivity (Wildman–Crippen MR) is 74.8 cm³/mol. The van der Waals surface area contributed by atoms with Crippen LogP contribution in [0.4, 0.5) is 0 Å². The van der Waals surface area contributed by atoms with Gasteiger partial charge in [0.2, 0.25) is 0 Å². The van der Waals surface area contributed by atoms with Gasteiger partial charge < -0.3 is 14.8 Å². The average Bonchev–Trinajstić information content (AvgIpc) is 2.62. The van der Waals surface area contributed by atoms with Gasteiger partial charge >= 0.3 is 11.9 Å². The molecule has 116 valence electrons. The number of hydrogen-bond acceptors (Lipinski definition) is 7. The summed E-state index contributed by atoms with van der Waals surface area (Å²) < 4.78 is 9.57. The number of ether oxygens (including phenoxy) is 2. The fourth-order valence-electron chi connectivity index (χ4n) is 1.94. The smallest absolute Gasteiger partial charge is 0.356 e. The lowest BCUT2D eigenvalue weighted by molar-refractivity contribution is -0.151. The number of Topliss-reactive ketones (excluding diaryl/α,β-unsaturated/α-hetero) is 1. The minimum absolute atomic E-state index is 0.0728. The predicted octanol–water partition coefficient (Wildman–Crippen LogP) is 0.585. The molecule has 0 radical (unpaired) electrons. The Hall–Kier alpha value is -2.18. The molecule has 1 unspecified atom stereocenters. The van der Waals surface area contributed by atoms with Gasteiger partial charge in [-0.2, -0.15) is 0 Å². The molecule has 2 N–H and O–H groups in total. The van der Waals surface area contributed by atoms with Crippen LogP contribution in [0.15, 0.2) is 11.8 Å². The number of allylic oxidation sites excluding steroid dienone is 1. The van der Waals surface area contributed by atoms with E-state index in [9.17, 15) is 14.4 Å². The van der Waals surface area contributed by atoms with Crippen molar-refractivity contribution >= 4 is 23.4 Å². The highest BCUT2D eigenvalue weighted by molar-refractivity contribution is 6.40. The van der Waals surface area contributed by atoms with Gasteiger partial charge in [0.15, 0.2) is 5.78 Å². The molecule has 1 fully saturated rings. The number of rotatable bonds is 5. The molecule has 1 atom stereocenters. The lowest BCUT2D eigenvalue weighted by atomic mass is 9.97. The first-order valence-corrected chi connectivity index (χ1v) is 6.93. The summed E-state index contributed by atoms with van der Waals surface area (Å²) in [5, 5.41) is 10.4. The topological polar surface area (TPSA) is 106 Å². The quantitative estimate of drug-likeness (QED) is 0.333. The molecule has 1 heterocycles. The van der Waals surface area contributed by atoms with Crippen molar-refractivity contribution in [2.24, 2.45) is 5.92 Å². The monoisotopic (exact) mass is 296 g/mol. The lowest BCUT2D eigenvalue weighted by Gasteiger charge is -2.12. The van der Waals surface area contributed by atoms with Crippen molar-refractivity contribution in [3.8, 4) is 0 Å². The van der Waals surface area contributed by atoms with E-state index < -0.39 is 29.4 Å². The molecule has 1 aliphatic heterocycles. The summed E-state index contributed by atoms with van der Waals surface area (Å²) in [4.78, 5) is 35.5. The molecule has 0 amide bonds. The number of ketones is 1. The fourth-order valence-corrected chi connectivity index (χ4v) is 1.94. The second-order valence-electron chi connectivity index (χ2n) is 4.43. The van der Waals surface area contributed by atoms with Gasteiger partial charge in [-0.25, -0.2) is 4.79 Å². The first kappa shape index (κ1) is 16.9. The van der Waals surface area contributed by atoms with E-state index >= 15 is 0 Å². The number of hydrogen-bond donors (Lipinski definition) is 2. The molecule has 7 nitrogen and oxygen atoms in total. The Labute approximate surface area is 123 Å². The maximum absolute atomic E-state index is 12.3. The van der Waals surface area contributed by atoms with Crippen LogP contribution in [0.5, 0.6) is 0 Å². The molecule has 0 saturated carbocycles. The third-order valence-corrected chi connectivity index (χ3v) is 2.92. The molecule has 7 heteroatoms. The van der Waals surface area contributed by atoms with Gasteiger partial charge in [-0.05, 0) is 32.8 Å². The maximum atomic E-state index is 12.3. The number of carbonyl (C=O) groups is 3. The first-order chi connectivity index (χ1) is 10.0. The summed E-state index contributed by atoms with van der Waals surface area (Å²) in [5.74, 6) is -2.72. The van der Waals surface area contributed by atoms with E-state index in [1.165, 1.54) is 0 Å². The van der Waals surface area contributed by atoms with Crippen molar-refractivity contribution in [1.29, 1.82) is 5.41 Å². The molecule has 21 heavy (non-hydrogen) atoms. The number of nitrogens with one attached hydrogen (secondary N) is 2. The van der Waals surface area contributed by atoms with Crippen LogP contribution >= 0.6 is 0 Å². The van der Waals surface area contributed by atoms with Crippen molar-refractivity contribution in [3.63, 3.8) is 0 Å². The summed E-state index contributed by atoms with van der Waals surface area (Å²) in [6, 6.07) is 0. The van der Waals surface area contributed by atoms with Gasteiger partial charge in [0.1, 0.15) is 11.6 Å². The fraction of sp³-hybridized carbons (Fsp3) is 0.571. The SMILES string of the molecule is CCOC(=O)C(=N)/C=C1\NCCCC(C(=O)OCC)C1=O. The van der Waals surface area contributed by atoms with Crippen LogP contribution in [-0.2, 0) is 23.9 Å². The summed E-state index contributed by atoms with van der Waals surface area (Å²) in [7, 11) is 0. The summed E-state index contributed by atoms with van der Waals surface area (Å²) in [5.41, 5.74) is -0.360. The molecule has 1 saturated heterocycles. The Morgan fingerprint density at radius 2 is 2.00 bits per heavy atom. The van der Waals surface area contributed by atoms with Gasteiger partial charge in [0.05, 0.1) is 18.9 Å². The van der Waals surface area contributed by atoms with Crippen LogP contribution in [0.25, 0.3) is 0 Å². The molecular formula is C14H20N2O5. The standard InChI is InChI=1S/C14H20N2O5/c1-3-20-13(18)9-6-5-7-16-11(12(9)17)8-10(15)14(19)21-4-2/h8-9,15-16H,3-7H2,1-2H3/b11-8-,15-10?. The summed E-state index contributed by atoms with van der Waals surface area (Å²) in [6.07, 6.45) is 2.12. The van der Waals surface area contributed by atoms with E-state index in [2.05, 4.69) is 10.1 Å². The van der Waals surface area contributed by atoms with Crippen molar-refractivity contribution in [2.75, 3.05) is 19.8 Å². The molecule has 0 aromatic rings. The minimum Gasteiger partial charge on any atom is -0.465 e. The highest BCUT2D eigenvalue weighted by Crippen LogP contribution is 2.17. The third-order valence-electron chi connectivity index (χ3n) is 2.92. The van der Waals surface area contributed by atoms with Crippen molar-refractivity contribution in [1.82, 2.24) is 5.32 Å². The van der Waals surface area contributed by atoms with Gasteiger partial charge in [-0.15, -0.1) is 0 Å². The summed E-state index contributed by atoms with van der Waals surface area (Å²) in [6.45, 7) is 4.14. The molecular weight excluding hydrogens is 276 g/mol. The van der Waals surface area contributed by atoms with E-state index in [-0.39, 0.29) is 18.9 Å². The first-order valence-electron chi connectivity index (χ1n) is 6.93. The van der Waals surface area contributed by atoms with Crippen molar-refractivity contribution in [2.45, 2.75) is 26.7 Å². The van der Waals surface area contributed by atoms with Gasteiger partial charge in [0, 0.05) is 6.54 Å². The Morgan fingerprint density at radius 1 is 1.33 bits per heavy atom. The number of carbonyl (C=O) groups excluding carboxylic acids is 3. The molecule has 0 aliphatic carbocycles. The van der Waals surface area contributed by atoms with E-state index in [4.69, 9.17) is 10.1 Å². The van der Waals surface area contributed by atoms with Crippen LogP contribution in [0.2, 0.25) is 0 Å². The van der Waals surface area contributed by atoms with Crippen LogP contribution in [0, 0.1) is 11.3 Å². The van der Waals surface area contributed by atoms with E-state index in [1.54, 1.807) is 13.8 Å². The largest absolute Gasteiger partial charge is 0.465 e. The average molecular weight is 296 g/mol. The maximum Gasteiger partial charge on any atom is 0.356 e. The highest BCUT2D eigenvalue weighted by Gasteiger charge is 2.32. The second-order valence-corrected chi connectivity index (χ2v) is 4.43. The second kappa shape index (κ2) is 8.18. The number of esters is 2.